The van der Waals surface area contributed by atoms with Gasteiger partial charge in [-0.25, -0.2) is 4.79 Å². The third kappa shape index (κ3) is 8.08. The molecule has 3 unspecified atom stereocenters. The lowest BCUT2D eigenvalue weighted by atomic mass is 9.90. The van der Waals surface area contributed by atoms with Crippen molar-refractivity contribution < 1.29 is 19.1 Å². The van der Waals surface area contributed by atoms with E-state index in [-0.39, 0.29) is 24.0 Å². The van der Waals surface area contributed by atoms with E-state index >= 15 is 0 Å². The number of hydrogen-bond donors (Lipinski definition) is 0. The van der Waals surface area contributed by atoms with E-state index in [4.69, 9.17) is 9.47 Å². The molecule has 36 heavy (non-hydrogen) atoms. The van der Waals surface area contributed by atoms with Gasteiger partial charge in [-0.2, -0.15) is 0 Å². The highest BCUT2D eigenvalue weighted by Gasteiger charge is 2.39. The summed E-state index contributed by atoms with van der Waals surface area (Å²) in [7, 11) is 0. The molecule has 0 spiro atoms. The largest absolute Gasteiger partial charge is 0.461 e. The lowest BCUT2D eigenvalue weighted by Crippen LogP contribution is -2.43. The molecule has 0 saturated carbocycles. The molecule has 0 bridgehead atoms. The van der Waals surface area contributed by atoms with Crippen molar-refractivity contribution in [2.45, 2.75) is 65.1 Å². The van der Waals surface area contributed by atoms with E-state index in [2.05, 4.69) is 26.5 Å². The molecule has 1 saturated heterocycles. The van der Waals surface area contributed by atoms with Gasteiger partial charge in [0.2, 0.25) is 0 Å². The van der Waals surface area contributed by atoms with E-state index in [1.165, 1.54) is 5.57 Å². The lowest BCUT2D eigenvalue weighted by Gasteiger charge is -2.33. The summed E-state index contributed by atoms with van der Waals surface area (Å²) in [5.74, 6) is -0.0747. The quantitative estimate of drug-likeness (QED) is 0.0965. The Kier molecular flexibility index (Phi) is 10.3. The number of allylic oxidation sites excluding steroid dienone is 3. The topological polar surface area (TPSA) is 52.6 Å². The van der Waals surface area contributed by atoms with Gasteiger partial charge in [-0.05, 0) is 55.7 Å². The predicted molar refractivity (Wildman–Crippen MR) is 144 cm³/mol. The third-order valence-electron chi connectivity index (χ3n) is 6.56. The molecular weight excluding hydrogens is 448 g/mol. The summed E-state index contributed by atoms with van der Waals surface area (Å²) < 4.78 is 11.1. The molecule has 190 valence electrons. The third-order valence-corrected chi connectivity index (χ3v) is 6.56. The van der Waals surface area contributed by atoms with E-state index in [0.717, 1.165) is 48.8 Å². The van der Waals surface area contributed by atoms with Crippen molar-refractivity contribution >= 4 is 11.9 Å². The lowest BCUT2D eigenvalue weighted by molar-refractivity contribution is -0.179. The average molecular weight is 487 g/mol. The van der Waals surface area contributed by atoms with Crippen LogP contribution in [0, 0.1) is 11.8 Å². The van der Waals surface area contributed by atoms with Crippen LogP contribution in [0.2, 0.25) is 0 Å². The van der Waals surface area contributed by atoms with Crippen LogP contribution in [0.3, 0.4) is 0 Å². The zero-order valence-corrected chi connectivity index (χ0v) is 21.7. The van der Waals surface area contributed by atoms with Crippen molar-refractivity contribution in [1.29, 1.82) is 0 Å². The number of benzene rings is 2. The highest BCUT2D eigenvalue weighted by atomic mass is 16.6. The number of cyclic esters (lactones) is 1. The van der Waals surface area contributed by atoms with E-state index in [9.17, 15) is 9.59 Å². The summed E-state index contributed by atoms with van der Waals surface area (Å²) in [5, 5.41) is 0. The van der Waals surface area contributed by atoms with Crippen LogP contribution in [0.25, 0.3) is 0 Å². The first-order valence-electron chi connectivity index (χ1n) is 12.9. The second-order valence-electron chi connectivity index (χ2n) is 9.85. The standard InChI is InChI=1S/C32H38O4/c1-5-28-29(35-32(28)34)19-13-12-14-23(2)20-24(3)21-25(4)22-30(33)36-31(26-15-8-6-9-16-26)27-17-10-7-11-18-27/h5-11,15-18,21-23,28-29,31H,1,12-14,19-20H2,2-4H3. The van der Waals surface area contributed by atoms with Crippen molar-refractivity contribution in [3.63, 3.8) is 0 Å². The number of ether oxygens (including phenoxy) is 2. The van der Waals surface area contributed by atoms with Crippen molar-refractivity contribution in [2.75, 3.05) is 0 Å². The molecule has 2 aromatic rings. The first-order chi connectivity index (χ1) is 17.4. The van der Waals surface area contributed by atoms with Gasteiger partial charge >= 0.3 is 11.9 Å². The Morgan fingerprint density at radius 3 is 2.17 bits per heavy atom. The summed E-state index contributed by atoms with van der Waals surface area (Å²) in [5.41, 5.74) is 4.01. The van der Waals surface area contributed by atoms with Gasteiger partial charge in [0.15, 0.2) is 6.10 Å². The summed E-state index contributed by atoms with van der Waals surface area (Å²) in [6.07, 6.45) is 10.1. The molecular formula is C32H38O4. The fraction of sp³-hybridized carbons (Fsp3) is 0.375. The Balaban J connectivity index is 1.48. The second-order valence-corrected chi connectivity index (χ2v) is 9.85. The fourth-order valence-electron chi connectivity index (χ4n) is 4.77. The number of hydrogen-bond acceptors (Lipinski definition) is 4. The van der Waals surface area contributed by atoms with Crippen LogP contribution in [0.5, 0.6) is 0 Å². The Morgan fingerprint density at radius 2 is 1.61 bits per heavy atom. The van der Waals surface area contributed by atoms with Crippen molar-refractivity contribution in [3.05, 3.63) is 108 Å². The molecule has 0 aromatic heterocycles. The summed E-state index contributed by atoms with van der Waals surface area (Å²) in [6, 6.07) is 19.6. The maximum absolute atomic E-state index is 12.8. The molecule has 3 atom stereocenters. The number of unbranched alkanes of at least 4 members (excludes halogenated alkanes) is 1. The van der Waals surface area contributed by atoms with E-state index in [1.807, 2.05) is 67.6 Å². The minimum atomic E-state index is -0.445. The first kappa shape index (κ1) is 27.2. The maximum Gasteiger partial charge on any atom is 0.331 e. The summed E-state index contributed by atoms with van der Waals surface area (Å²) in [4.78, 5) is 24.1. The van der Waals surface area contributed by atoms with Crippen LogP contribution in [0.1, 0.15) is 70.1 Å². The van der Waals surface area contributed by atoms with Gasteiger partial charge in [0.25, 0.3) is 0 Å². The number of carbonyl (C=O) groups excluding carboxylic acids is 2. The highest BCUT2D eigenvalue weighted by Crippen LogP contribution is 2.29. The number of rotatable bonds is 13. The molecule has 0 aliphatic carbocycles. The van der Waals surface area contributed by atoms with Crippen LogP contribution < -0.4 is 0 Å². The minimum Gasteiger partial charge on any atom is -0.461 e. The Morgan fingerprint density at radius 1 is 1.00 bits per heavy atom. The zero-order chi connectivity index (χ0) is 25.9. The molecule has 4 heteroatoms. The molecule has 1 heterocycles. The molecule has 0 amide bonds. The molecule has 1 aliphatic heterocycles. The van der Waals surface area contributed by atoms with Gasteiger partial charge in [-0.15, -0.1) is 6.58 Å². The monoisotopic (exact) mass is 486 g/mol. The predicted octanol–water partition coefficient (Wildman–Crippen LogP) is 7.53. The maximum atomic E-state index is 12.8. The summed E-state index contributed by atoms with van der Waals surface area (Å²) in [6.45, 7) is 10.0. The van der Waals surface area contributed by atoms with Crippen LogP contribution in [-0.4, -0.2) is 18.0 Å². The Bertz CT molecular complexity index is 1030. The SMILES string of the molecule is C=CC1C(=O)OC1CCCCC(C)CC(C)=CC(C)=CC(=O)OC(c1ccccc1)c1ccccc1. The van der Waals surface area contributed by atoms with Crippen molar-refractivity contribution in [2.24, 2.45) is 11.8 Å². The van der Waals surface area contributed by atoms with Crippen LogP contribution in [-0.2, 0) is 19.1 Å². The highest BCUT2D eigenvalue weighted by molar-refractivity contribution is 5.83. The molecule has 0 radical (unpaired) electrons. The smallest absolute Gasteiger partial charge is 0.331 e. The van der Waals surface area contributed by atoms with Gasteiger partial charge in [-0.3, -0.25) is 4.79 Å². The Labute approximate surface area is 215 Å². The Hall–Kier alpha value is -3.40. The van der Waals surface area contributed by atoms with Crippen LogP contribution in [0.15, 0.2) is 96.6 Å². The fourth-order valence-corrected chi connectivity index (χ4v) is 4.77. The molecule has 4 nitrogen and oxygen atoms in total. The van der Waals surface area contributed by atoms with E-state index in [0.29, 0.717) is 5.92 Å². The number of carbonyl (C=O) groups is 2. The van der Waals surface area contributed by atoms with Gasteiger partial charge in [0, 0.05) is 6.08 Å². The molecule has 1 aliphatic rings. The van der Waals surface area contributed by atoms with Gasteiger partial charge in [-0.1, -0.05) is 98.2 Å². The van der Waals surface area contributed by atoms with Gasteiger partial charge in [0.1, 0.15) is 12.0 Å². The van der Waals surface area contributed by atoms with Crippen LogP contribution in [0.4, 0.5) is 0 Å². The van der Waals surface area contributed by atoms with Gasteiger partial charge in [0.05, 0.1) is 0 Å². The van der Waals surface area contributed by atoms with Crippen molar-refractivity contribution in [1.82, 2.24) is 0 Å². The molecule has 2 aromatic carbocycles. The van der Waals surface area contributed by atoms with Gasteiger partial charge < -0.3 is 9.47 Å². The van der Waals surface area contributed by atoms with Crippen LogP contribution >= 0.6 is 0 Å². The van der Waals surface area contributed by atoms with E-state index < -0.39 is 6.10 Å². The van der Waals surface area contributed by atoms with E-state index in [1.54, 1.807) is 12.2 Å². The zero-order valence-electron chi connectivity index (χ0n) is 21.7. The van der Waals surface area contributed by atoms with Crippen molar-refractivity contribution in [3.8, 4) is 0 Å². The minimum absolute atomic E-state index is 0.0165. The second kappa shape index (κ2) is 13.6. The molecule has 1 fully saturated rings. The molecule has 3 rings (SSSR count). The molecule has 0 N–H and O–H groups in total. The normalized spacial score (nSPS) is 18.8. The number of esters is 2. The first-order valence-corrected chi connectivity index (χ1v) is 12.9. The summed E-state index contributed by atoms with van der Waals surface area (Å²) >= 11 is 0. The average Bonchev–Trinajstić information content (AvgIpc) is 2.85.